The molecular formula is C6H5N3O. The van der Waals surface area contributed by atoms with Gasteiger partial charge in [-0.25, -0.2) is 9.50 Å². The van der Waals surface area contributed by atoms with Crippen LogP contribution in [0.15, 0.2) is 17.3 Å². The fourth-order valence-corrected chi connectivity index (χ4v) is 0.903. The van der Waals surface area contributed by atoms with Crippen LogP contribution in [0.3, 0.4) is 0 Å². The zero-order chi connectivity index (χ0) is 7.14. The van der Waals surface area contributed by atoms with Gasteiger partial charge in [0.15, 0.2) is 0 Å². The first-order valence-corrected chi connectivity index (χ1v) is 2.82. The van der Waals surface area contributed by atoms with Gasteiger partial charge in [0.05, 0.1) is 11.5 Å². The summed E-state index contributed by atoms with van der Waals surface area (Å²) in [5, 5.41) is 3.14. The molecule has 0 aliphatic carbocycles. The highest BCUT2D eigenvalue weighted by molar-refractivity contribution is 5.43. The number of aromatic amines is 1. The van der Waals surface area contributed by atoms with Crippen LogP contribution >= 0.6 is 0 Å². The topological polar surface area (TPSA) is 50.2 Å². The summed E-state index contributed by atoms with van der Waals surface area (Å²) in [6, 6.07) is 0. The Morgan fingerprint density at radius 1 is 1.70 bits per heavy atom. The predicted octanol–water partition coefficient (Wildman–Crippen LogP) is -0.848. The monoisotopic (exact) mass is 135 g/mol. The molecule has 0 fully saturated rings. The molecule has 0 aliphatic rings. The largest absolute Gasteiger partial charge is 0.289 e. The molecule has 50 valence electrons. The molecule has 0 aromatic carbocycles. The Labute approximate surface area is 55.8 Å². The lowest BCUT2D eigenvalue weighted by atomic mass is 10.5. The van der Waals surface area contributed by atoms with E-state index < -0.39 is 0 Å². The third-order valence-electron chi connectivity index (χ3n) is 1.40. The van der Waals surface area contributed by atoms with Crippen molar-refractivity contribution in [3.05, 3.63) is 28.1 Å². The number of nitrogens with one attached hydrogen (secondary N) is 1. The highest BCUT2D eigenvalue weighted by Crippen LogP contribution is 1.86. The molecule has 4 nitrogen and oxygen atoms in total. The van der Waals surface area contributed by atoms with Gasteiger partial charge in [0.2, 0.25) is 5.43 Å². The summed E-state index contributed by atoms with van der Waals surface area (Å²) >= 11 is 0. The Bertz CT molecular complexity index is 453. The maximum Gasteiger partial charge on any atom is 0.229 e. The first kappa shape index (κ1) is 5.22. The summed E-state index contributed by atoms with van der Waals surface area (Å²) in [7, 11) is 0. The molecule has 2 rings (SSSR count). The van der Waals surface area contributed by atoms with Crippen molar-refractivity contribution in [3.8, 4) is 0 Å². The summed E-state index contributed by atoms with van der Waals surface area (Å²) < 4.78 is 1.55. The minimum Gasteiger partial charge on any atom is -0.289 e. The Kier molecular flexibility index (Phi) is 0.768. The van der Waals surface area contributed by atoms with Crippen molar-refractivity contribution in [1.29, 1.82) is 0 Å². The normalized spacial score (nSPS) is 10.8. The van der Waals surface area contributed by atoms with Crippen molar-refractivity contribution in [1.82, 2.24) is 14.6 Å². The Morgan fingerprint density at radius 3 is 3.20 bits per heavy atom. The van der Waals surface area contributed by atoms with E-state index >= 15 is 0 Å². The van der Waals surface area contributed by atoms with Gasteiger partial charge in [-0.3, -0.25) is 9.89 Å². The fourth-order valence-electron chi connectivity index (χ4n) is 0.903. The quantitative estimate of drug-likeness (QED) is 0.511. The molecule has 1 N–H and O–H groups in total. The number of aromatic nitrogens is 3. The number of H-pyrrole nitrogens is 1. The lowest BCUT2D eigenvalue weighted by Gasteiger charge is -1.74. The molecule has 0 saturated carbocycles. The van der Waals surface area contributed by atoms with Crippen LogP contribution in [-0.2, 0) is 0 Å². The van der Waals surface area contributed by atoms with E-state index in [0.717, 1.165) is 0 Å². The predicted molar refractivity (Wildman–Crippen MR) is 36.6 cm³/mol. The number of hydrogen-bond donors (Lipinski definition) is 1. The second kappa shape index (κ2) is 1.47. The van der Waals surface area contributed by atoms with Gasteiger partial charge < -0.3 is 0 Å². The second-order valence-electron chi connectivity index (χ2n) is 2.07. The second-order valence-corrected chi connectivity index (χ2v) is 2.07. The van der Waals surface area contributed by atoms with E-state index in [1.54, 1.807) is 4.52 Å². The van der Waals surface area contributed by atoms with Crippen molar-refractivity contribution in [2.45, 2.75) is 0 Å². The van der Waals surface area contributed by atoms with E-state index in [9.17, 15) is 4.79 Å². The average molecular weight is 135 g/mol. The number of fused-ring (bicyclic) bond motifs is 1. The molecule has 0 radical (unpaired) electrons. The third-order valence-corrected chi connectivity index (χ3v) is 1.40. The van der Waals surface area contributed by atoms with E-state index in [1.807, 2.05) is 0 Å². The Morgan fingerprint density at radius 2 is 2.50 bits per heavy atom. The minimum atomic E-state index is -0.0856. The van der Waals surface area contributed by atoms with Crippen molar-refractivity contribution in [2.75, 3.05) is 0 Å². The summed E-state index contributed by atoms with van der Waals surface area (Å²) in [6.45, 7) is 3.51. The molecule has 10 heavy (non-hydrogen) atoms. The van der Waals surface area contributed by atoms with Crippen LogP contribution in [0.1, 0.15) is 0 Å². The lowest BCUT2D eigenvalue weighted by molar-refractivity contribution is 0.938. The number of nitrogens with zero attached hydrogens (tertiary/aromatic N) is 2. The average Bonchev–Trinajstić information content (AvgIpc) is 2.41. The summed E-state index contributed by atoms with van der Waals surface area (Å²) in [6.07, 6.45) is 3.04. The van der Waals surface area contributed by atoms with Gasteiger partial charge in [0, 0.05) is 0 Å². The highest BCUT2D eigenvalue weighted by Gasteiger charge is 1.99. The van der Waals surface area contributed by atoms with Gasteiger partial charge in [0.1, 0.15) is 11.8 Å². The smallest absolute Gasteiger partial charge is 0.229 e. The SMILES string of the molecule is C=c1[nH]n2cncc2c1=O. The van der Waals surface area contributed by atoms with Crippen LogP contribution < -0.4 is 10.8 Å². The lowest BCUT2D eigenvalue weighted by Crippen LogP contribution is -2.18. The van der Waals surface area contributed by atoms with Crippen LogP contribution in [0, 0.1) is 0 Å². The van der Waals surface area contributed by atoms with Gasteiger partial charge in [-0.2, -0.15) is 0 Å². The van der Waals surface area contributed by atoms with E-state index in [0.29, 0.717) is 10.9 Å². The minimum absolute atomic E-state index is 0.0856. The van der Waals surface area contributed by atoms with Crippen molar-refractivity contribution in [3.63, 3.8) is 0 Å². The molecule has 0 unspecified atom stereocenters. The molecule has 0 atom stereocenters. The molecular weight excluding hydrogens is 130 g/mol. The number of rotatable bonds is 0. The van der Waals surface area contributed by atoms with Crippen molar-refractivity contribution in [2.24, 2.45) is 0 Å². The number of hydrogen-bond acceptors (Lipinski definition) is 2. The van der Waals surface area contributed by atoms with Crippen LogP contribution in [-0.4, -0.2) is 14.6 Å². The summed E-state index contributed by atoms with van der Waals surface area (Å²) in [5.74, 6) is 0. The standard InChI is InChI=1S/C6H5N3O/c1-4-6(10)5-2-7-3-9(5)8-4/h2-3,8H,1H2. The first-order chi connectivity index (χ1) is 4.79. The third kappa shape index (κ3) is 0.452. The molecule has 0 spiro atoms. The molecule has 0 bridgehead atoms. The summed E-state index contributed by atoms with van der Waals surface area (Å²) in [4.78, 5) is 14.8. The summed E-state index contributed by atoms with van der Waals surface area (Å²) in [5.41, 5.74) is 0.461. The maximum absolute atomic E-state index is 11.0. The van der Waals surface area contributed by atoms with E-state index in [1.165, 1.54) is 12.5 Å². The first-order valence-electron chi connectivity index (χ1n) is 2.82. The van der Waals surface area contributed by atoms with Gasteiger partial charge >= 0.3 is 0 Å². The molecule has 2 heterocycles. The highest BCUT2D eigenvalue weighted by atomic mass is 16.1. The molecule has 0 aliphatic heterocycles. The molecule has 4 heteroatoms. The zero-order valence-electron chi connectivity index (χ0n) is 5.16. The van der Waals surface area contributed by atoms with Gasteiger partial charge in [-0.1, -0.05) is 6.58 Å². The van der Waals surface area contributed by atoms with E-state index in [2.05, 4.69) is 16.7 Å². The zero-order valence-corrected chi connectivity index (χ0v) is 5.16. The van der Waals surface area contributed by atoms with E-state index in [-0.39, 0.29) is 5.43 Å². The maximum atomic E-state index is 11.0. The van der Waals surface area contributed by atoms with Crippen molar-refractivity contribution >= 4 is 12.1 Å². The van der Waals surface area contributed by atoms with Crippen LogP contribution in [0.25, 0.3) is 12.1 Å². The molecule has 0 amide bonds. The van der Waals surface area contributed by atoms with Crippen LogP contribution in [0.5, 0.6) is 0 Å². The fraction of sp³-hybridized carbons (Fsp3) is 0. The Balaban J connectivity index is 3.24. The number of imidazole rings is 1. The Hall–Kier alpha value is -1.58. The molecule has 2 aromatic heterocycles. The van der Waals surface area contributed by atoms with Crippen LogP contribution in [0.4, 0.5) is 0 Å². The molecule has 0 saturated heterocycles. The van der Waals surface area contributed by atoms with Gasteiger partial charge in [-0.05, 0) is 0 Å². The van der Waals surface area contributed by atoms with Crippen molar-refractivity contribution < 1.29 is 0 Å². The van der Waals surface area contributed by atoms with E-state index in [4.69, 9.17) is 0 Å². The van der Waals surface area contributed by atoms with Gasteiger partial charge in [0.25, 0.3) is 0 Å². The van der Waals surface area contributed by atoms with Crippen LogP contribution in [0.2, 0.25) is 0 Å². The van der Waals surface area contributed by atoms with Gasteiger partial charge in [-0.15, -0.1) is 0 Å². The molecule has 2 aromatic rings.